The van der Waals surface area contributed by atoms with E-state index in [1.54, 1.807) is 38.5 Å². The van der Waals surface area contributed by atoms with Crippen LogP contribution in [0.15, 0.2) is 108 Å². The minimum atomic E-state index is -3.78. The van der Waals surface area contributed by atoms with Gasteiger partial charge in [0.2, 0.25) is 0 Å². The smallest absolute Gasteiger partial charge is 0.261 e. The Kier molecular flexibility index (Phi) is 6.53. The lowest BCUT2D eigenvalue weighted by Crippen LogP contribution is -2.29. The van der Waals surface area contributed by atoms with Gasteiger partial charge in [-0.05, 0) is 65.4 Å². The summed E-state index contributed by atoms with van der Waals surface area (Å²) in [5.74, 6) is 1.71. The maximum Gasteiger partial charge on any atom is 0.261 e. The van der Waals surface area contributed by atoms with Crippen LogP contribution < -0.4 is 19.5 Å². The molecule has 1 aliphatic heterocycles. The van der Waals surface area contributed by atoms with Crippen molar-refractivity contribution in [2.45, 2.75) is 23.3 Å². The number of hydrogen-bond acceptors (Lipinski definition) is 5. The Morgan fingerprint density at radius 2 is 1.59 bits per heavy atom. The normalized spacial score (nSPS) is 19.5. The molecule has 0 aromatic heterocycles. The third-order valence-electron chi connectivity index (χ3n) is 7.66. The highest BCUT2D eigenvalue weighted by Gasteiger charge is 2.40. The van der Waals surface area contributed by atoms with Gasteiger partial charge in [0.05, 0.1) is 25.2 Å². The Morgan fingerprint density at radius 3 is 2.33 bits per heavy atom. The second-order valence-corrected chi connectivity index (χ2v) is 11.5. The van der Waals surface area contributed by atoms with Gasteiger partial charge < -0.3 is 14.8 Å². The molecule has 198 valence electrons. The molecule has 1 aliphatic carbocycles. The monoisotopic (exact) mass is 538 g/mol. The first-order valence-electron chi connectivity index (χ1n) is 12.9. The zero-order chi connectivity index (χ0) is 27.0. The van der Waals surface area contributed by atoms with E-state index >= 15 is 0 Å². The lowest BCUT2D eigenvalue weighted by molar-refractivity contribution is 0.341. The van der Waals surface area contributed by atoms with E-state index < -0.39 is 10.0 Å². The number of benzene rings is 4. The number of rotatable bonds is 7. The second kappa shape index (κ2) is 10.2. The van der Waals surface area contributed by atoms with E-state index in [2.05, 4.69) is 28.3 Å². The molecule has 0 amide bonds. The van der Waals surface area contributed by atoms with Crippen LogP contribution in [0.25, 0.3) is 11.1 Å². The molecular weight excluding hydrogens is 508 g/mol. The summed E-state index contributed by atoms with van der Waals surface area (Å²) in [4.78, 5) is 0.242. The molecular formula is C32H30N2O4S. The van der Waals surface area contributed by atoms with Crippen LogP contribution in [0.4, 0.5) is 11.4 Å². The molecule has 6 rings (SSSR count). The number of methoxy groups -OCH3 is 2. The minimum Gasteiger partial charge on any atom is -0.493 e. The van der Waals surface area contributed by atoms with Crippen molar-refractivity contribution in [2.24, 2.45) is 5.92 Å². The average molecular weight is 539 g/mol. The number of sulfonamides is 1. The molecule has 0 spiro atoms. The molecule has 1 heterocycles. The van der Waals surface area contributed by atoms with Gasteiger partial charge in [-0.15, -0.1) is 0 Å². The number of allylic oxidation sites excluding steroid dienone is 2. The molecule has 0 saturated heterocycles. The van der Waals surface area contributed by atoms with Crippen LogP contribution in [-0.4, -0.2) is 22.6 Å². The topological polar surface area (TPSA) is 76.7 Å². The first kappa shape index (κ1) is 25.1. The Bertz CT molecular complexity index is 1630. The predicted octanol–water partition coefficient (Wildman–Crippen LogP) is 7.00. The number of hydrogen-bond donors (Lipinski definition) is 2. The Balaban J connectivity index is 1.29. The van der Waals surface area contributed by atoms with E-state index in [9.17, 15) is 8.42 Å². The zero-order valence-electron chi connectivity index (χ0n) is 21.8. The molecule has 4 aromatic rings. The average Bonchev–Trinajstić information content (AvgIpc) is 3.47. The molecule has 0 saturated carbocycles. The van der Waals surface area contributed by atoms with Gasteiger partial charge in [0, 0.05) is 22.9 Å². The second-order valence-electron chi connectivity index (χ2n) is 9.86. The SMILES string of the molecule is COc1cccc([C@H]2Nc3ccc(S(=O)(=O)Nc4ccc(-c5ccccc5)cc4)cc3[C@H]3C=CC[C@H]32)c1OC. The summed E-state index contributed by atoms with van der Waals surface area (Å²) in [6.07, 6.45) is 5.25. The fourth-order valence-electron chi connectivity index (χ4n) is 5.78. The summed E-state index contributed by atoms with van der Waals surface area (Å²) in [6, 6.07) is 28.7. The molecule has 7 heteroatoms. The van der Waals surface area contributed by atoms with Crippen molar-refractivity contribution < 1.29 is 17.9 Å². The van der Waals surface area contributed by atoms with Crippen molar-refractivity contribution in [1.82, 2.24) is 0 Å². The standard InChI is InChI=1S/C32H30N2O4S/c1-37-30-13-7-12-27(32(30)38-2)31-26-11-6-10-25(26)28-20-24(18-19-29(28)33-31)39(35,36)34-23-16-14-22(15-17-23)21-8-4-3-5-9-21/h3-10,12-20,25-26,31,33-34H,11H2,1-2H3/t25-,26+,31-/m0/s1. The Hall–Kier alpha value is -4.23. The fourth-order valence-corrected chi connectivity index (χ4v) is 6.87. The molecule has 0 unspecified atom stereocenters. The molecule has 2 N–H and O–H groups in total. The summed E-state index contributed by atoms with van der Waals surface area (Å²) in [6.45, 7) is 0. The van der Waals surface area contributed by atoms with Crippen molar-refractivity contribution in [1.29, 1.82) is 0 Å². The highest BCUT2D eigenvalue weighted by atomic mass is 32.2. The lowest BCUT2D eigenvalue weighted by atomic mass is 9.77. The largest absolute Gasteiger partial charge is 0.493 e. The molecule has 6 nitrogen and oxygen atoms in total. The van der Waals surface area contributed by atoms with Gasteiger partial charge in [-0.2, -0.15) is 0 Å². The Labute approximate surface area is 229 Å². The van der Waals surface area contributed by atoms with E-state index in [4.69, 9.17) is 9.47 Å². The molecule has 2 aliphatic rings. The molecule has 0 bridgehead atoms. The number of ether oxygens (including phenoxy) is 2. The van der Waals surface area contributed by atoms with Crippen LogP contribution >= 0.6 is 0 Å². The van der Waals surface area contributed by atoms with Gasteiger partial charge in [0.15, 0.2) is 11.5 Å². The lowest BCUT2D eigenvalue weighted by Gasteiger charge is -2.38. The van der Waals surface area contributed by atoms with Crippen LogP contribution in [0.3, 0.4) is 0 Å². The van der Waals surface area contributed by atoms with Crippen LogP contribution in [-0.2, 0) is 10.0 Å². The maximum atomic E-state index is 13.4. The fraction of sp³-hybridized carbons (Fsp3) is 0.188. The number of nitrogens with one attached hydrogen (secondary N) is 2. The predicted molar refractivity (Wildman–Crippen MR) is 155 cm³/mol. The van der Waals surface area contributed by atoms with Crippen molar-refractivity contribution in [3.8, 4) is 22.6 Å². The molecule has 3 atom stereocenters. The Morgan fingerprint density at radius 1 is 0.821 bits per heavy atom. The quantitative estimate of drug-likeness (QED) is 0.248. The third kappa shape index (κ3) is 4.63. The summed E-state index contributed by atoms with van der Waals surface area (Å²) in [7, 11) is -0.484. The maximum absolute atomic E-state index is 13.4. The number of fused-ring (bicyclic) bond motifs is 3. The van der Waals surface area contributed by atoms with E-state index in [1.165, 1.54) is 0 Å². The summed E-state index contributed by atoms with van der Waals surface area (Å²) in [5.41, 5.74) is 5.56. The molecule has 0 radical (unpaired) electrons. The van der Waals surface area contributed by atoms with E-state index in [0.717, 1.165) is 34.4 Å². The van der Waals surface area contributed by atoms with E-state index in [1.807, 2.05) is 60.7 Å². The van der Waals surface area contributed by atoms with Gasteiger partial charge in [0.1, 0.15) is 0 Å². The van der Waals surface area contributed by atoms with Gasteiger partial charge in [-0.1, -0.05) is 66.7 Å². The zero-order valence-corrected chi connectivity index (χ0v) is 22.6. The molecule has 0 fully saturated rings. The van der Waals surface area contributed by atoms with Gasteiger partial charge in [-0.3, -0.25) is 4.72 Å². The summed E-state index contributed by atoms with van der Waals surface area (Å²) in [5, 5.41) is 3.67. The first-order chi connectivity index (χ1) is 19.0. The van der Waals surface area contributed by atoms with Gasteiger partial charge in [0.25, 0.3) is 10.0 Å². The highest BCUT2D eigenvalue weighted by Crippen LogP contribution is 2.52. The summed E-state index contributed by atoms with van der Waals surface area (Å²) >= 11 is 0. The number of anilines is 2. The van der Waals surface area contributed by atoms with Crippen molar-refractivity contribution in [2.75, 3.05) is 24.3 Å². The minimum absolute atomic E-state index is 0.00809. The van der Waals surface area contributed by atoms with E-state index in [0.29, 0.717) is 17.2 Å². The van der Waals surface area contributed by atoms with Gasteiger partial charge >= 0.3 is 0 Å². The van der Waals surface area contributed by atoms with Crippen molar-refractivity contribution in [3.63, 3.8) is 0 Å². The van der Waals surface area contributed by atoms with Crippen LogP contribution in [0.1, 0.15) is 29.5 Å². The van der Waals surface area contributed by atoms with Gasteiger partial charge in [-0.25, -0.2) is 8.42 Å². The highest BCUT2D eigenvalue weighted by molar-refractivity contribution is 7.92. The third-order valence-corrected chi connectivity index (χ3v) is 9.04. The molecule has 39 heavy (non-hydrogen) atoms. The number of para-hydroxylation sites is 1. The molecule has 4 aromatic carbocycles. The van der Waals surface area contributed by atoms with Crippen LogP contribution in [0, 0.1) is 5.92 Å². The van der Waals surface area contributed by atoms with Crippen molar-refractivity contribution >= 4 is 21.4 Å². The van der Waals surface area contributed by atoms with E-state index in [-0.39, 0.29) is 22.8 Å². The summed E-state index contributed by atoms with van der Waals surface area (Å²) < 4.78 is 40.8. The van der Waals surface area contributed by atoms with Crippen LogP contribution in [0.2, 0.25) is 0 Å². The van der Waals surface area contributed by atoms with Crippen LogP contribution in [0.5, 0.6) is 11.5 Å². The van der Waals surface area contributed by atoms with Crippen molar-refractivity contribution in [3.05, 3.63) is 114 Å². The first-order valence-corrected chi connectivity index (χ1v) is 14.4.